The summed E-state index contributed by atoms with van der Waals surface area (Å²) in [5.74, 6) is -0.296. The minimum absolute atomic E-state index is 0. The van der Waals surface area contributed by atoms with Gasteiger partial charge in [-0.2, -0.15) is 0 Å². The third-order valence-corrected chi connectivity index (χ3v) is 3.15. The van der Waals surface area contributed by atoms with Crippen LogP contribution in [0.3, 0.4) is 0 Å². The third-order valence-electron chi connectivity index (χ3n) is 2.30. The van der Waals surface area contributed by atoms with Crippen molar-refractivity contribution in [1.82, 2.24) is 15.5 Å². The Kier molecular flexibility index (Phi) is 6.49. The lowest BCUT2D eigenvalue weighted by Gasteiger charge is -2.22. The van der Waals surface area contributed by atoms with Gasteiger partial charge in [-0.15, -0.1) is 22.6 Å². The zero-order valence-electron chi connectivity index (χ0n) is 9.77. The van der Waals surface area contributed by atoms with Gasteiger partial charge in [-0.3, -0.25) is 4.79 Å². The van der Waals surface area contributed by atoms with Crippen molar-refractivity contribution in [3.8, 4) is 0 Å². The molecule has 0 aliphatic carbocycles. The molecule has 0 bridgehead atoms. The van der Waals surface area contributed by atoms with Gasteiger partial charge >= 0.3 is 0 Å². The quantitative estimate of drug-likeness (QED) is 0.874. The summed E-state index contributed by atoms with van der Waals surface area (Å²) >= 11 is 0.676. The van der Waals surface area contributed by atoms with Gasteiger partial charge in [0.1, 0.15) is 0 Å². The number of aromatic nitrogens is 2. The summed E-state index contributed by atoms with van der Waals surface area (Å²) in [4.78, 5) is 11.6. The number of nitrogens with zero attached hydrogens (tertiary/aromatic N) is 2. The summed E-state index contributed by atoms with van der Waals surface area (Å²) in [6, 6.07) is -0.0544. The number of nitrogens with one attached hydrogen (secondary N) is 2. The van der Waals surface area contributed by atoms with E-state index in [1.807, 2.05) is 0 Å². The monoisotopic (exact) mass is 314 g/mol. The van der Waals surface area contributed by atoms with Crippen LogP contribution in [-0.2, 0) is 9.53 Å². The molecule has 19 heavy (non-hydrogen) atoms. The molecule has 0 aromatic carbocycles. The van der Waals surface area contributed by atoms with E-state index in [0.29, 0.717) is 31.1 Å². The van der Waals surface area contributed by atoms with Gasteiger partial charge in [0.15, 0.2) is 5.01 Å². The highest BCUT2D eigenvalue weighted by Crippen LogP contribution is 2.25. The molecule has 1 aromatic rings. The highest BCUT2D eigenvalue weighted by Gasteiger charge is 2.19. The molecule has 2 N–H and O–H groups in total. The minimum atomic E-state index is -2.67. The van der Waals surface area contributed by atoms with Gasteiger partial charge in [0.2, 0.25) is 11.0 Å². The standard InChI is InChI=1S/C9H12F2N4O2S.ClH/c10-7(11)8-14-15-9(18-8)13-6(16)3-5-4-17-2-1-12-5;/h5,7,12H,1-4H2,(H,13,15,16);1H. The van der Waals surface area contributed by atoms with Gasteiger partial charge in [0.05, 0.1) is 13.2 Å². The lowest BCUT2D eigenvalue weighted by atomic mass is 10.2. The number of rotatable bonds is 4. The predicted octanol–water partition coefficient (Wildman–Crippen LogP) is 1.21. The molecule has 1 aromatic heterocycles. The molecule has 2 heterocycles. The summed E-state index contributed by atoms with van der Waals surface area (Å²) in [5.41, 5.74) is 0. The van der Waals surface area contributed by atoms with Gasteiger partial charge in [-0.1, -0.05) is 11.3 Å². The molecule has 1 amide bonds. The van der Waals surface area contributed by atoms with Crippen molar-refractivity contribution in [2.24, 2.45) is 0 Å². The molecule has 2 rings (SSSR count). The molecule has 0 radical (unpaired) electrons. The summed E-state index contributed by atoms with van der Waals surface area (Å²) in [6.07, 6.45) is -2.45. The van der Waals surface area contributed by atoms with E-state index in [1.54, 1.807) is 0 Å². The molecule has 1 fully saturated rings. The van der Waals surface area contributed by atoms with Gasteiger partial charge in [-0.05, 0) is 0 Å². The van der Waals surface area contributed by atoms with Crippen LogP contribution < -0.4 is 10.6 Å². The summed E-state index contributed by atoms with van der Waals surface area (Å²) < 4.78 is 29.7. The van der Waals surface area contributed by atoms with Crippen LogP contribution in [0.1, 0.15) is 17.9 Å². The lowest BCUT2D eigenvalue weighted by Crippen LogP contribution is -2.43. The molecule has 0 saturated carbocycles. The van der Waals surface area contributed by atoms with Gasteiger partial charge in [0.25, 0.3) is 6.43 Å². The molecule has 1 unspecified atom stereocenters. The Morgan fingerprint density at radius 2 is 2.37 bits per heavy atom. The summed E-state index contributed by atoms with van der Waals surface area (Å²) in [5, 5.41) is 12.0. The third kappa shape index (κ3) is 4.94. The van der Waals surface area contributed by atoms with Crippen molar-refractivity contribution < 1.29 is 18.3 Å². The maximum atomic E-state index is 12.3. The number of hydrogen-bond acceptors (Lipinski definition) is 6. The van der Waals surface area contributed by atoms with E-state index in [1.165, 1.54) is 0 Å². The average Bonchev–Trinajstić information content (AvgIpc) is 2.78. The number of carbonyl (C=O) groups is 1. The first kappa shape index (κ1) is 16.2. The van der Waals surface area contributed by atoms with Crippen molar-refractivity contribution in [3.63, 3.8) is 0 Å². The number of halogens is 3. The maximum Gasteiger partial charge on any atom is 0.291 e. The second-order valence-corrected chi connectivity index (χ2v) is 4.73. The van der Waals surface area contributed by atoms with Crippen LogP contribution in [0.15, 0.2) is 0 Å². The van der Waals surface area contributed by atoms with E-state index in [2.05, 4.69) is 20.8 Å². The Morgan fingerprint density at radius 3 is 2.95 bits per heavy atom. The smallest absolute Gasteiger partial charge is 0.291 e. The van der Waals surface area contributed by atoms with Crippen molar-refractivity contribution in [2.75, 3.05) is 25.1 Å². The van der Waals surface area contributed by atoms with Crippen molar-refractivity contribution in [2.45, 2.75) is 18.9 Å². The molecule has 0 spiro atoms. The fourth-order valence-electron chi connectivity index (χ4n) is 1.52. The first-order valence-electron chi connectivity index (χ1n) is 5.37. The van der Waals surface area contributed by atoms with Crippen LogP contribution in [0.4, 0.5) is 13.9 Å². The van der Waals surface area contributed by atoms with Gasteiger partial charge in [0, 0.05) is 19.0 Å². The Labute approximate surface area is 118 Å². The highest BCUT2D eigenvalue weighted by molar-refractivity contribution is 7.15. The Hall–Kier alpha value is -0.900. The number of alkyl halides is 2. The van der Waals surface area contributed by atoms with Crippen LogP contribution in [0.25, 0.3) is 0 Å². The largest absolute Gasteiger partial charge is 0.378 e. The van der Waals surface area contributed by atoms with Crippen LogP contribution in [0.2, 0.25) is 0 Å². The SMILES string of the molecule is Cl.O=C(CC1COCCN1)Nc1nnc(C(F)F)s1. The van der Waals surface area contributed by atoms with E-state index in [9.17, 15) is 13.6 Å². The van der Waals surface area contributed by atoms with E-state index < -0.39 is 11.4 Å². The number of carbonyl (C=O) groups excluding carboxylic acids is 1. The number of amides is 1. The van der Waals surface area contributed by atoms with Crippen molar-refractivity contribution in [1.29, 1.82) is 0 Å². The van der Waals surface area contributed by atoms with E-state index in [4.69, 9.17) is 4.74 Å². The normalized spacial score (nSPS) is 19.0. The zero-order chi connectivity index (χ0) is 13.0. The van der Waals surface area contributed by atoms with E-state index >= 15 is 0 Å². The fourth-order valence-corrected chi connectivity index (χ4v) is 2.13. The topological polar surface area (TPSA) is 76.1 Å². The molecule has 10 heteroatoms. The van der Waals surface area contributed by atoms with Crippen molar-refractivity contribution >= 4 is 34.8 Å². The number of anilines is 1. The minimum Gasteiger partial charge on any atom is -0.378 e. The summed E-state index contributed by atoms with van der Waals surface area (Å²) in [6.45, 7) is 1.80. The Balaban J connectivity index is 0.00000180. The van der Waals surface area contributed by atoms with Crippen LogP contribution >= 0.6 is 23.7 Å². The number of ether oxygens (including phenoxy) is 1. The Morgan fingerprint density at radius 1 is 1.58 bits per heavy atom. The first-order chi connectivity index (χ1) is 8.65. The second kappa shape index (κ2) is 7.63. The Bertz CT molecular complexity index is 415. The first-order valence-corrected chi connectivity index (χ1v) is 6.19. The molecular weight excluding hydrogens is 302 g/mol. The maximum absolute atomic E-state index is 12.3. The summed E-state index contributed by atoms with van der Waals surface area (Å²) in [7, 11) is 0. The molecule has 1 aliphatic rings. The molecule has 1 aliphatic heterocycles. The molecule has 1 saturated heterocycles. The van der Waals surface area contributed by atoms with Crippen LogP contribution in [-0.4, -0.2) is 41.9 Å². The molecule has 1 atom stereocenters. The van der Waals surface area contributed by atoms with Gasteiger partial charge < -0.3 is 15.4 Å². The van der Waals surface area contributed by atoms with E-state index in [0.717, 1.165) is 0 Å². The fraction of sp³-hybridized carbons (Fsp3) is 0.667. The van der Waals surface area contributed by atoms with Crippen LogP contribution in [0, 0.1) is 0 Å². The average molecular weight is 315 g/mol. The number of morpholine rings is 1. The van der Waals surface area contributed by atoms with Gasteiger partial charge in [-0.25, -0.2) is 8.78 Å². The lowest BCUT2D eigenvalue weighted by molar-refractivity contribution is -0.117. The zero-order valence-corrected chi connectivity index (χ0v) is 11.4. The molecule has 6 nitrogen and oxygen atoms in total. The second-order valence-electron chi connectivity index (χ2n) is 3.72. The highest BCUT2D eigenvalue weighted by atomic mass is 35.5. The molecule has 108 valence electrons. The van der Waals surface area contributed by atoms with Crippen LogP contribution in [0.5, 0.6) is 0 Å². The molecular formula is C9H13ClF2N4O2S. The predicted molar refractivity (Wildman–Crippen MR) is 68.0 cm³/mol. The number of hydrogen-bond donors (Lipinski definition) is 2. The van der Waals surface area contributed by atoms with E-state index in [-0.39, 0.29) is 35.9 Å². The van der Waals surface area contributed by atoms with Crippen molar-refractivity contribution in [3.05, 3.63) is 5.01 Å².